The Labute approximate surface area is 157 Å². The number of benzene rings is 3. The van der Waals surface area contributed by atoms with Gasteiger partial charge < -0.3 is 5.32 Å². The quantitative estimate of drug-likeness (QED) is 0.445. The van der Waals surface area contributed by atoms with Crippen molar-refractivity contribution in [2.45, 2.75) is 0 Å². The molecule has 0 unspecified atom stereocenters. The van der Waals surface area contributed by atoms with Gasteiger partial charge in [0.05, 0.1) is 16.8 Å². The van der Waals surface area contributed by atoms with Crippen LogP contribution in [0.25, 0.3) is 10.9 Å². The van der Waals surface area contributed by atoms with Crippen LogP contribution in [0.5, 0.6) is 0 Å². The van der Waals surface area contributed by atoms with E-state index in [9.17, 15) is 4.79 Å². The van der Waals surface area contributed by atoms with Gasteiger partial charge in [-0.15, -0.1) is 0 Å². The molecule has 5 heteroatoms. The van der Waals surface area contributed by atoms with Gasteiger partial charge in [-0.1, -0.05) is 54.6 Å². The molecule has 0 radical (unpaired) electrons. The second-order valence-electron chi connectivity index (χ2n) is 6.01. The van der Waals surface area contributed by atoms with Gasteiger partial charge in [0, 0.05) is 11.1 Å². The molecule has 27 heavy (non-hydrogen) atoms. The van der Waals surface area contributed by atoms with E-state index in [0.29, 0.717) is 11.4 Å². The summed E-state index contributed by atoms with van der Waals surface area (Å²) in [6, 6.07) is 28.5. The van der Waals surface area contributed by atoms with E-state index >= 15 is 0 Å². The second-order valence-corrected chi connectivity index (χ2v) is 6.01. The highest BCUT2D eigenvalue weighted by Crippen LogP contribution is 2.22. The molecule has 132 valence electrons. The van der Waals surface area contributed by atoms with Gasteiger partial charge in [0.15, 0.2) is 0 Å². The summed E-state index contributed by atoms with van der Waals surface area (Å²) in [5.74, 6) is 0.387. The first-order chi connectivity index (χ1) is 13.3. The van der Waals surface area contributed by atoms with E-state index in [2.05, 4.69) is 21.2 Å². The second kappa shape index (κ2) is 7.58. The van der Waals surface area contributed by atoms with E-state index in [1.54, 1.807) is 6.07 Å². The number of pyridine rings is 1. The third kappa shape index (κ3) is 3.88. The monoisotopic (exact) mass is 354 g/mol. The van der Waals surface area contributed by atoms with Crippen LogP contribution in [0.3, 0.4) is 0 Å². The number of hydrogen-bond donors (Lipinski definition) is 3. The summed E-state index contributed by atoms with van der Waals surface area (Å²) >= 11 is 0. The number of para-hydroxylation sites is 3. The van der Waals surface area contributed by atoms with Gasteiger partial charge >= 0.3 is 0 Å². The molecule has 0 aliphatic rings. The van der Waals surface area contributed by atoms with Crippen LogP contribution in [0.1, 0.15) is 10.4 Å². The Kier molecular flexibility index (Phi) is 4.66. The molecule has 5 nitrogen and oxygen atoms in total. The van der Waals surface area contributed by atoms with Gasteiger partial charge in [0.1, 0.15) is 5.82 Å². The minimum Gasteiger partial charge on any atom is -0.322 e. The van der Waals surface area contributed by atoms with Crippen LogP contribution < -0.4 is 16.2 Å². The Bertz CT molecular complexity index is 1070. The average molecular weight is 354 g/mol. The third-order valence-electron chi connectivity index (χ3n) is 4.10. The van der Waals surface area contributed by atoms with E-state index < -0.39 is 0 Å². The smallest absolute Gasteiger partial charge is 0.256 e. The third-order valence-corrected chi connectivity index (χ3v) is 4.10. The van der Waals surface area contributed by atoms with Gasteiger partial charge in [-0.3, -0.25) is 15.6 Å². The highest BCUT2D eigenvalue weighted by molar-refractivity contribution is 6.13. The van der Waals surface area contributed by atoms with Gasteiger partial charge in [0.25, 0.3) is 5.91 Å². The number of aromatic nitrogens is 1. The molecule has 0 aliphatic carbocycles. The zero-order valence-corrected chi connectivity index (χ0v) is 14.5. The van der Waals surface area contributed by atoms with E-state index in [4.69, 9.17) is 0 Å². The van der Waals surface area contributed by atoms with Crippen molar-refractivity contribution < 1.29 is 4.79 Å². The molecule has 0 atom stereocenters. The van der Waals surface area contributed by atoms with Crippen LogP contribution in [0.15, 0.2) is 91.0 Å². The minimum atomic E-state index is -0.178. The van der Waals surface area contributed by atoms with Crippen molar-refractivity contribution in [3.63, 3.8) is 0 Å². The lowest BCUT2D eigenvalue weighted by Crippen LogP contribution is -2.15. The van der Waals surface area contributed by atoms with Crippen LogP contribution in [0, 0.1) is 0 Å². The van der Waals surface area contributed by atoms with Crippen molar-refractivity contribution in [3.8, 4) is 0 Å². The molecule has 1 heterocycles. The van der Waals surface area contributed by atoms with Crippen LogP contribution >= 0.6 is 0 Å². The van der Waals surface area contributed by atoms with E-state index in [0.717, 1.165) is 22.3 Å². The minimum absolute atomic E-state index is 0.178. The number of nitrogens with one attached hydrogen (secondary N) is 3. The molecule has 0 bridgehead atoms. The number of nitrogens with zero attached hydrogens (tertiary/aromatic N) is 1. The Morgan fingerprint density at radius 2 is 1.33 bits per heavy atom. The van der Waals surface area contributed by atoms with Crippen LogP contribution in [0.4, 0.5) is 17.2 Å². The zero-order valence-electron chi connectivity index (χ0n) is 14.5. The molecule has 1 amide bonds. The zero-order chi connectivity index (χ0) is 18.5. The molecule has 1 aromatic heterocycles. The first-order valence-electron chi connectivity index (χ1n) is 8.63. The normalized spacial score (nSPS) is 10.4. The fourth-order valence-corrected chi connectivity index (χ4v) is 2.80. The first kappa shape index (κ1) is 16.6. The molecule has 0 saturated carbocycles. The standard InChI is InChI=1S/C22H18N4O/c27-22(23-16-9-3-1-4-10-16)19-15-21(24-20-14-8-7-13-18(19)20)26-25-17-11-5-2-6-12-17/h1-15,25H,(H,23,27)(H,24,26). The van der Waals surface area contributed by atoms with Gasteiger partial charge in [-0.05, 0) is 36.4 Å². The Morgan fingerprint density at radius 3 is 2.07 bits per heavy atom. The number of fused-ring (bicyclic) bond motifs is 1. The van der Waals surface area contributed by atoms with Crippen LogP contribution in [-0.2, 0) is 0 Å². The molecule has 3 aromatic carbocycles. The molecular weight excluding hydrogens is 336 g/mol. The van der Waals surface area contributed by atoms with Gasteiger partial charge in [0.2, 0.25) is 0 Å². The van der Waals surface area contributed by atoms with Gasteiger partial charge in [-0.2, -0.15) is 0 Å². The lowest BCUT2D eigenvalue weighted by Gasteiger charge is -2.13. The predicted octanol–water partition coefficient (Wildman–Crippen LogP) is 4.93. The van der Waals surface area contributed by atoms with Crippen molar-refractivity contribution in [1.82, 2.24) is 4.98 Å². The molecule has 4 rings (SSSR count). The SMILES string of the molecule is O=C(Nc1ccccc1)c1cc(NNc2ccccc2)nc2ccccc12. The maximum atomic E-state index is 12.9. The van der Waals surface area contributed by atoms with E-state index in [1.807, 2.05) is 84.9 Å². The molecule has 0 aliphatic heterocycles. The summed E-state index contributed by atoms with van der Waals surface area (Å²) in [7, 11) is 0. The summed E-state index contributed by atoms with van der Waals surface area (Å²) < 4.78 is 0. The fraction of sp³-hybridized carbons (Fsp3) is 0. The Hall–Kier alpha value is -3.86. The topological polar surface area (TPSA) is 66.1 Å². The number of rotatable bonds is 5. The maximum Gasteiger partial charge on any atom is 0.256 e. The highest BCUT2D eigenvalue weighted by atomic mass is 16.1. The molecule has 0 fully saturated rings. The number of anilines is 3. The number of hydrazine groups is 1. The molecule has 0 spiro atoms. The highest BCUT2D eigenvalue weighted by Gasteiger charge is 2.13. The van der Waals surface area contributed by atoms with Crippen molar-refractivity contribution in [3.05, 3.63) is 96.6 Å². The van der Waals surface area contributed by atoms with Crippen molar-refractivity contribution >= 4 is 34.0 Å². The Balaban J connectivity index is 1.65. The average Bonchev–Trinajstić information content (AvgIpc) is 2.73. The number of amides is 1. The number of hydrogen-bond acceptors (Lipinski definition) is 4. The lowest BCUT2D eigenvalue weighted by molar-refractivity contribution is 0.102. The maximum absolute atomic E-state index is 12.9. The summed E-state index contributed by atoms with van der Waals surface area (Å²) in [6.45, 7) is 0. The van der Waals surface area contributed by atoms with Gasteiger partial charge in [-0.25, -0.2) is 4.98 Å². The molecule has 3 N–H and O–H groups in total. The fourth-order valence-electron chi connectivity index (χ4n) is 2.80. The van der Waals surface area contributed by atoms with Crippen molar-refractivity contribution in [2.24, 2.45) is 0 Å². The summed E-state index contributed by atoms with van der Waals surface area (Å²) in [5, 5.41) is 3.74. The summed E-state index contributed by atoms with van der Waals surface area (Å²) in [4.78, 5) is 17.5. The lowest BCUT2D eigenvalue weighted by atomic mass is 10.1. The Morgan fingerprint density at radius 1 is 0.704 bits per heavy atom. The first-order valence-corrected chi connectivity index (χ1v) is 8.63. The van der Waals surface area contributed by atoms with Crippen LogP contribution in [-0.4, -0.2) is 10.9 Å². The summed E-state index contributed by atoms with van der Waals surface area (Å²) in [5.41, 5.74) is 9.13. The van der Waals surface area contributed by atoms with E-state index in [1.165, 1.54) is 0 Å². The molecule has 4 aromatic rings. The van der Waals surface area contributed by atoms with E-state index in [-0.39, 0.29) is 5.91 Å². The number of carbonyl (C=O) groups is 1. The molecular formula is C22H18N4O. The van der Waals surface area contributed by atoms with Crippen molar-refractivity contribution in [1.29, 1.82) is 0 Å². The largest absolute Gasteiger partial charge is 0.322 e. The predicted molar refractivity (Wildman–Crippen MR) is 110 cm³/mol. The molecule has 0 saturated heterocycles. The summed E-state index contributed by atoms with van der Waals surface area (Å²) in [6.07, 6.45) is 0. The van der Waals surface area contributed by atoms with Crippen molar-refractivity contribution in [2.75, 3.05) is 16.2 Å². The van der Waals surface area contributed by atoms with Crippen LogP contribution in [0.2, 0.25) is 0 Å². The number of carbonyl (C=O) groups excluding carboxylic acids is 1.